The molecule has 4 bridgehead atoms. The first-order valence-electron chi connectivity index (χ1n) is 11.6. The molecule has 3 atom stereocenters. The molecule has 1 aromatic heterocycles. The summed E-state index contributed by atoms with van der Waals surface area (Å²) in [5.41, 5.74) is 0.883. The van der Waals surface area contributed by atoms with Crippen LogP contribution in [0.4, 0.5) is 5.69 Å². The Morgan fingerprint density at radius 3 is 2.59 bits per heavy atom. The Labute approximate surface area is 193 Å². The summed E-state index contributed by atoms with van der Waals surface area (Å²) >= 11 is 6.56. The first-order chi connectivity index (χ1) is 15.3. The van der Waals surface area contributed by atoms with E-state index < -0.39 is 11.5 Å². The highest BCUT2D eigenvalue weighted by Gasteiger charge is 2.59. The van der Waals surface area contributed by atoms with Gasteiger partial charge in [-0.1, -0.05) is 48.9 Å². The Balaban J connectivity index is 1.40. The lowest BCUT2D eigenvalue weighted by Crippen LogP contribution is -2.59. The first-order valence-corrected chi connectivity index (χ1v) is 12.0. The zero-order valence-electron chi connectivity index (χ0n) is 18.4. The van der Waals surface area contributed by atoms with Crippen molar-refractivity contribution in [2.75, 3.05) is 11.9 Å². The topological polar surface area (TPSA) is 84.2 Å². The van der Waals surface area contributed by atoms with Gasteiger partial charge in [-0.3, -0.25) is 9.59 Å². The Morgan fingerprint density at radius 1 is 1.25 bits per heavy atom. The first kappa shape index (κ1) is 21.5. The van der Waals surface area contributed by atoms with E-state index >= 15 is 0 Å². The molecule has 4 saturated carbocycles. The number of carboxylic acids is 1. The summed E-state index contributed by atoms with van der Waals surface area (Å²) in [7, 11) is 0. The van der Waals surface area contributed by atoms with Gasteiger partial charge in [0.2, 0.25) is 0 Å². The summed E-state index contributed by atoms with van der Waals surface area (Å²) in [5, 5.41) is 17.6. The van der Waals surface area contributed by atoms with Crippen LogP contribution in [0.2, 0.25) is 5.02 Å². The average molecular weight is 456 g/mol. The number of carboxylic acid groups (broad SMARTS) is 1. The minimum atomic E-state index is -0.743. The average Bonchev–Trinajstić information content (AvgIpc) is 2.73. The van der Waals surface area contributed by atoms with E-state index in [1.165, 1.54) is 5.56 Å². The van der Waals surface area contributed by atoms with Crippen LogP contribution in [-0.4, -0.2) is 27.4 Å². The number of rotatable bonds is 7. The van der Waals surface area contributed by atoms with Crippen molar-refractivity contribution < 1.29 is 9.90 Å². The summed E-state index contributed by atoms with van der Waals surface area (Å²) in [6.45, 7) is 2.77. The van der Waals surface area contributed by atoms with Crippen molar-refractivity contribution in [2.24, 2.45) is 17.3 Å². The van der Waals surface area contributed by atoms with Crippen LogP contribution in [0.25, 0.3) is 0 Å². The lowest BCUT2D eigenvalue weighted by atomic mass is 9.46. The predicted molar refractivity (Wildman–Crippen MR) is 124 cm³/mol. The van der Waals surface area contributed by atoms with Crippen LogP contribution in [0.1, 0.15) is 63.4 Å². The molecule has 6 rings (SSSR count). The number of benzene rings is 1. The van der Waals surface area contributed by atoms with E-state index in [0.717, 1.165) is 32.1 Å². The highest BCUT2D eigenvalue weighted by molar-refractivity contribution is 6.32. The number of nitrogens with zero attached hydrogens (tertiary/aromatic N) is 2. The Kier molecular flexibility index (Phi) is 5.31. The van der Waals surface area contributed by atoms with Gasteiger partial charge in [0.25, 0.3) is 5.56 Å². The number of hydrogen-bond donors (Lipinski definition) is 2. The van der Waals surface area contributed by atoms with Crippen molar-refractivity contribution in [1.29, 1.82) is 0 Å². The highest BCUT2D eigenvalue weighted by atomic mass is 35.5. The zero-order valence-corrected chi connectivity index (χ0v) is 19.1. The van der Waals surface area contributed by atoms with E-state index in [9.17, 15) is 14.7 Å². The Hall–Kier alpha value is -2.34. The van der Waals surface area contributed by atoms with Crippen molar-refractivity contribution in [3.63, 3.8) is 0 Å². The van der Waals surface area contributed by atoms with Gasteiger partial charge in [-0.25, -0.2) is 4.68 Å². The summed E-state index contributed by atoms with van der Waals surface area (Å²) in [6, 6.07) is 10.2. The van der Waals surface area contributed by atoms with E-state index in [1.807, 2.05) is 18.2 Å². The number of aromatic nitrogens is 2. The lowest BCUT2D eigenvalue weighted by Gasteiger charge is -2.61. The van der Waals surface area contributed by atoms with E-state index in [2.05, 4.69) is 29.5 Å². The van der Waals surface area contributed by atoms with Gasteiger partial charge in [0.05, 0.1) is 23.8 Å². The van der Waals surface area contributed by atoms with Crippen molar-refractivity contribution in [2.45, 2.75) is 63.3 Å². The maximum Gasteiger partial charge on any atom is 0.303 e. The molecule has 170 valence electrons. The standard InChI is InChI=1S/C25H30ClN3O3/c1-16(19-5-3-2-4-6-19)13-27-20-14-28-29(23(32)22(20)26)25-10-17-7-18(11-25)9-24(8-17,15-25)12-21(30)31/h2-6,14,16-18,27H,7-13,15H2,1H3,(H,30,31). The van der Waals surface area contributed by atoms with Gasteiger partial charge in [-0.15, -0.1) is 0 Å². The highest BCUT2D eigenvalue weighted by Crippen LogP contribution is 2.65. The third-order valence-electron chi connectivity index (χ3n) is 8.01. The molecule has 32 heavy (non-hydrogen) atoms. The van der Waals surface area contributed by atoms with E-state index in [0.29, 0.717) is 30.5 Å². The molecule has 2 N–H and O–H groups in total. The number of halogens is 1. The molecule has 6 nitrogen and oxygen atoms in total. The van der Waals surface area contributed by atoms with Crippen LogP contribution in [0.3, 0.4) is 0 Å². The van der Waals surface area contributed by atoms with Crippen LogP contribution in [0.5, 0.6) is 0 Å². The van der Waals surface area contributed by atoms with Crippen LogP contribution >= 0.6 is 11.6 Å². The molecule has 0 spiro atoms. The van der Waals surface area contributed by atoms with Gasteiger partial charge in [-0.05, 0) is 67.3 Å². The van der Waals surface area contributed by atoms with Gasteiger partial charge in [0, 0.05) is 6.54 Å². The van der Waals surface area contributed by atoms with Crippen molar-refractivity contribution in [3.05, 3.63) is 57.5 Å². The number of anilines is 1. The summed E-state index contributed by atoms with van der Waals surface area (Å²) in [5.74, 6) is 0.446. The molecule has 1 aromatic carbocycles. The number of carbonyl (C=O) groups is 1. The van der Waals surface area contributed by atoms with Crippen LogP contribution in [-0.2, 0) is 10.3 Å². The molecule has 4 aliphatic carbocycles. The molecule has 4 fully saturated rings. The third-order valence-corrected chi connectivity index (χ3v) is 8.38. The summed E-state index contributed by atoms with van der Waals surface area (Å²) in [4.78, 5) is 25.0. The summed E-state index contributed by atoms with van der Waals surface area (Å²) in [6.07, 6.45) is 7.40. The maximum atomic E-state index is 13.4. The molecule has 4 aliphatic rings. The molecule has 3 unspecified atom stereocenters. The van der Waals surface area contributed by atoms with Gasteiger partial charge < -0.3 is 10.4 Å². The van der Waals surface area contributed by atoms with Crippen molar-refractivity contribution in [1.82, 2.24) is 9.78 Å². The van der Waals surface area contributed by atoms with E-state index in [1.54, 1.807) is 10.9 Å². The SMILES string of the molecule is CC(CNc1cnn(C23CC4CC(CC(CC(=O)O)(C4)C2)C3)c(=O)c1Cl)c1ccccc1. The molecule has 0 amide bonds. The van der Waals surface area contributed by atoms with Gasteiger partial charge in [-0.2, -0.15) is 5.10 Å². The third kappa shape index (κ3) is 3.72. The zero-order chi connectivity index (χ0) is 22.5. The second kappa shape index (κ2) is 7.91. The van der Waals surface area contributed by atoms with Gasteiger partial charge in [0.1, 0.15) is 5.02 Å². The molecule has 2 aromatic rings. The number of hydrogen-bond acceptors (Lipinski definition) is 4. The molecule has 0 aliphatic heterocycles. The fourth-order valence-corrected chi connectivity index (χ4v) is 7.43. The van der Waals surface area contributed by atoms with Gasteiger partial charge >= 0.3 is 5.97 Å². The van der Waals surface area contributed by atoms with Crippen molar-refractivity contribution in [3.8, 4) is 0 Å². The molecule has 1 heterocycles. The Morgan fingerprint density at radius 2 is 1.94 bits per heavy atom. The molecule has 0 saturated heterocycles. The minimum absolute atomic E-state index is 0.170. The van der Waals surface area contributed by atoms with Crippen molar-refractivity contribution >= 4 is 23.3 Å². The molecular weight excluding hydrogens is 426 g/mol. The fourth-order valence-electron chi connectivity index (χ4n) is 7.23. The smallest absolute Gasteiger partial charge is 0.303 e. The fraction of sp³-hybridized carbons (Fsp3) is 0.560. The molecule has 0 radical (unpaired) electrons. The van der Waals surface area contributed by atoms with E-state index in [4.69, 9.17) is 11.6 Å². The van der Waals surface area contributed by atoms with Gasteiger partial charge in [0.15, 0.2) is 0 Å². The number of nitrogens with one attached hydrogen (secondary N) is 1. The molecular formula is C25H30ClN3O3. The van der Waals surface area contributed by atoms with Crippen LogP contribution in [0.15, 0.2) is 41.3 Å². The predicted octanol–water partition coefficient (Wildman–Crippen LogP) is 4.88. The Bertz CT molecular complexity index is 1070. The van der Waals surface area contributed by atoms with Crippen LogP contribution < -0.4 is 10.9 Å². The largest absolute Gasteiger partial charge is 0.481 e. The normalized spacial score (nSPS) is 31.4. The maximum absolute atomic E-state index is 13.4. The monoisotopic (exact) mass is 455 g/mol. The second-order valence-electron chi connectivity index (χ2n) is 10.5. The quantitative estimate of drug-likeness (QED) is 0.621. The summed E-state index contributed by atoms with van der Waals surface area (Å²) < 4.78 is 1.61. The number of aliphatic carboxylic acids is 1. The minimum Gasteiger partial charge on any atom is -0.481 e. The molecule has 7 heteroatoms. The lowest BCUT2D eigenvalue weighted by molar-refractivity contribution is -0.151. The second-order valence-corrected chi connectivity index (χ2v) is 10.9. The van der Waals surface area contributed by atoms with Crippen LogP contribution in [0, 0.1) is 17.3 Å². The van der Waals surface area contributed by atoms with E-state index in [-0.39, 0.29) is 28.3 Å².